The number of halogens is 3. The third-order valence-corrected chi connectivity index (χ3v) is 2.56. The van der Waals surface area contributed by atoms with Gasteiger partial charge in [0.25, 0.3) is 5.91 Å². The molecule has 2 aliphatic rings. The van der Waals surface area contributed by atoms with Crippen molar-refractivity contribution < 1.29 is 22.7 Å². The number of hydrogen-bond donors (Lipinski definition) is 1. The molecule has 0 aromatic rings. The van der Waals surface area contributed by atoms with E-state index in [-0.39, 0.29) is 18.4 Å². The quantitative estimate of drug-likeness (QED) is 0.604. The topological polar surface area (TPSA) is 38.3 Å². The van der Waals surface area contributed by atoms with Gasteiger partial charge in [-0.2, -0.15) is 13.2 Å². The minimum Gasteiger partial charge on any atom is -0.339 e. The molecule has 2 rings (SSSR count). The number of alkyl halides is 3. The highest BCUT2D eigenvalue weighted by Gasteiger charge is 2.64. The van der Waals surface area contributed by atoms with Gasteiger partial charge >= 0.3 is 6.18 Å². The minimum absolute atomic E-state index is 0.0716. The van der Waals surface area contributed by atoms with Crippen LogP contribution in [0, 0.1) is 0 Å². The first-order valence-corrected chi connectivity index (χ1v) is 4.11. The lowest BCUT2D eigenvalue weighted by molar-refractivity contribution is -0.283. The molecule has 6 heteroatoms. The molecule has 14 heavy (non-hydrogen) atoms. The molecule has 0 spiro atoms. The van der Waals surface area contributed by atoms with E-state index in [9.17, 15) is 18.0 Å². The van der Waals surface area contributed by atoms with Gasteiger partial charge in [-0.3, -0.25) is 4.79 Å². The van der Waals surface area contributed by atoms with Gasteiger partial charge in [-0.25, -0.2) is 0 Å². The molecule has 1 amide bonds. The number of carbonyl (C=O) groups excluding carboxylic acids is 1. The number of nitrogens with one attached hydrogen (secondary N) is 1. The van der Waals surface area contributed by atoms with Crippen molar-refractivity contribution in [1.82, 2.24) is 5.32 Å². The Morgan fingerprint density at radius 1 is 1.57 bits per heavy atom. The van der Waals surface area contributed by atoms with E-state index >= 15 is 0 Å². The molecule has 2 fully saturated rings. The van der Waals surface area contributed by atoms with Crippen LogP contribution in [0.4, 0.5) is 13.2 Å². The molecule has 2 aliphatic heterocycles. The van der Waals surface area contributed by atoms with Crippen molar-refractivity contribution in [2.75, 3.05) is 0 Å². The van der Waals surface area contributed by atoms with Gasteiger partial charge in [0.1, 0.15) is 0 Å². The fourth-order valence-electron chi connectivity index (χ4n) is 1.72. The first-order valence-electron chi connectivity index (χ1n) is 4.11. The average molecular weight is 207 g/mol. The third-order valence-electron chi connectivity index (χ3n) is 2.56. The largest absolute Gasteiger partial charge is 0.436 e. The Morgan fingerprint density at radius 2 is 2.21 bits per heavy atom. The van der Waals surface area contributed by atoms with Crippen LogP contribution in [0.2, 0.25) is 0 Å². The SMILES string of the molecule is C=C1C(=O)NC2(C(F)(F)F)CCC1O2. The Labute approximate surface area is 77.9 Å². The highest BCUT2D eigenvalue weighted by atomic mass is 19.4. The van der Waals surface area contributed by atoms with Gasteiger partial charge in [0.15, 0.2) is 0 Å². The lowest BCUT2D eigenvalue weighted by Crippen LogP contribution is -2.62. The fraction of sp³-hybridized carbons (Fsp3) is 0.625. The number of rotatable bonds is 0. The predicted octanol–water partition coefficient (Wildman–Crippen LogP) is 1.11. The summed E-state index contributed by atoms with van der Waals surface area (Å²) in [5, 5.41) is 1.83. The maximum absolute atomic E-state index is 12.6. The predicted molar refractivity (Wildman–Crippen MR) is 40.2 cm³/mol. The van der Waals surface area contributed by atoms with Gasteiger partial charge in [-0.15, -0.1) is 0 Å². The molecule has 2 unspecified atom stereocenters. The van der Waals surface area contributed by atoms with E-state index in [0.717, 1.165) is 0 Å². The molecular formula is C8H8F3NO2. The number of hydrogen-bond acceptors (Lipinski definition) is 2. The zero-order valence-electron chi connectivity index (χ0n) is 7.15. The molecule has 2 heterocycles. The smallest absolute Gasteiger partial charge is 0.339 e. The van der Waals surface area contributed by atoms with Crippen molar-refractivity contribution in [2.24, 2.45) is 0 Å². The van der Waals surface area contributed by atoms with Crippen molar-refractivity contribution in [3.8, 4) is 0 Å². The number of ether oxygens (including phenoxy) is 1. The van der Waals surface area contributed by atoms with Crippen molar-refractivity contribution >= 4 is 5.91 Å². The standard InChI is InChI=1S/C8H8F3NO2/c1-4-5-2-3-7(14-5,8(9,10)11)12-6(4)13/h5H,1-3H2,(H,12,13). The molecule has 0 aliphatic carbocycles. The monoisotopic (exact) mass is 207 g/mol. The molecule has 2 bridgehead atoms. The van der Waals surface area contributed by atoms with Crippen LogP contribution in [0.1, 0.15) is 12.8 Å². The summed E-state index contributed by atoms with van der Waals surface area (Å²) in [4.78, 5) is 11.1. The zero-order chi connectivity index (χ0) is 10.6. The van der Waals surface area contributed by atoms with E-state index in [2.05, 4.69) is 6.58 Å². The third kappa shape index (κ3) is 1.06. The maximum Gasteiger partial charge on any atom is 0.436 e. The van der Waals surface area contributed by atoms with E-state index in [1.54, 1.807) is 0 Å². The Bertz CT molecular complexity index is 312. The van der Waals surface area contributed by atoms with Gasteiger partial charge in [0, 0.05) is 12.0 Å². The molecule has 2 saturated heterocycles. The first-order chi connectivity index (χ1) is 6.36. The Kier molecular flexibility index (Phi) is 1.70. The summed E-state index contributed by atoms with van der Waals surface area (Å²) in [7, 11) is 0. The van der Waals surface area contributed by atoms with Gasteiger partial charge in [-0.05, 0) is 6.42 Å². The number of carbonyl (C=O) groups is 1. The maximum atomic E-state index is 12.6. The summed E-state index contributed by atoms with van der Waals surface area (Å²) < 4.78 is 42.4. The van der Waals surface area contributed by atoms with Crippen LogP contribution in [-0.4, -0.2) is 23.9 Å². The molecule has 0 aromatic carbocycles. The Hall–Kier alpha value is -1.04. The molecule has 0 aromatic heterocycles. The second-order valence-electron chi connectivity index (χ2n) is 3.45. The van der Waals surface area contributed by atoms with Gasteiger partial charge in [0.2, 0.25) is 5.72 Å². The summed E-state index contributed by atoms with van der Waals surface area (Å²) in [6, 6.07) is 0. The van der Waals surface area contributed by atoms with Crippen LogP contribution in [-0.2, 0) is 9.53 Å². The molecule has 0 saturated carbocycles. The lowest BCUT2D eigenvalue weighted by atomic mass is 10.1. The Morgan fingerprint density at radius 3 is 2.79 bits per heavy atom. The highest BCUT2D eigenvalue weighted by Crippen LogP contribution is 2.45. The summed E-state index contributed by atoms with van der Waals surface area (Å²) in [6.45, 7) is 3.38. The average Bonchev–Trinajstić information content (AvgIpc) is 2.42. The summed E-state index contributed by atoms with van der Waals surface area (Å²) >= 11 is 0. The summed E-state index contributed by atoms with van der Waals surface area (Å²) in [5.74, 6) is -0.768. The second kappa shape index (κ2) is 2.50. The Balaban J connectivity index is 2.34. The molecular weight excluding hydrogens is 199 g/mol. The second-order valence-corrected chi connectivity index (χ2v) is 3.45. The summed E-state index contributed by atoms with van der Waals surface area (Å²) in [6.07, 6.45) is -5.42. The van der Waals surface area contributed by atoms with Gasteiger partial charge in [0.05, 0.1) is 6.10 Å². The molecule has 2 atom stereocenters. The normalized spacial score (nSPS) is 37.2. The lowest BCUT2D eigenvalue weighted by Gasteiger charge is -2.36. The van der Waals surface area contributed by atoms with Crippen molar-refractivity contribution in [3.05, 3.63) is 12.2 Å². The van der Waals surface area contributed by atoms with Crippen LogP contribution in [0.5, 0.6) is 0 Å². The van der Waals surface area contributed by atoms with E-state index in [4.69, 9.17) is 4.74 Å². The van der Waals surface area contributed by atoms with Crippen LogP contribution >= 0.6 is 0 Å². The first kappa shape index (κ1) is 9.51. The van der Waals surface area contributed by atoms with E-state index in [1.165, 1.54) is 0 Å². The van der Waals surface area contributed by atoms with Crippen LogP contribution in [0.3, 0.4) is 0 Å². The summed E-state index contributed by atoms with van der Waals surface area (Å²) in [5.41, 5.74) is -2.40. The van der Waals surface area contributed by atoms with Crippen LogP contribution in [0.25, 0.3) is 0 Å². The van der Waals surface area contributed by atoms with Gasteiger partial charge in [-0.1, -0.05) is 6.58 Å². The van der Waals surface area contributed by atoms with E-state index in [0.29, 0.717) is 0 Å². The van der Waals surface area contributed by atoms with Crippen LogP contribution < -0.4 is 5.32 Å². The van der Waals surface area contributed by atoms with E-state index in [1.807, 2.05) is 5.32 Å². The molecule has 0 radical (unpaired) electrons. The zero-order valence-corrected chi connectivity index (χ0v) is 7.15. The number of amides is 1. The van der Waals surface area contributed by atoms with Gasteiger partial charge < -0.3 is 10.1 Å². The molecule has 3 nitrogen and oxygen atoms in total. The minimum atomic E-state index is -4.57. The van der Waals surface area contributed by atoms with E-state index < -0.39 is 23.9 Å². The van der Waals surface area contributed by atoms with Crippen molar-refractivity contribution in [1.29, 1.82) is 0 Å². The molecule has 1 N–H and O–H groups in total. The van der Waals surface area contributed by atoms with Crippen molar-refractivity contribution in [3.63, 3.8) is 0 Å². The number of fused-ring (bicyclic) bond motifs is 2. The fourth-order valence-corrected chi connectivity index (χ4v) is 1.72. The van der Waals surface area contributed by atoms with Crippen LogP contribution in [0.15, 0.2) is 12.2 Å². The highest BCUT2D eigenvalue weighted by molar-refractivity contribution is 5.95. The molecule has 78 valence electrons. The van der Waals surface area contributed by atoms with Crippen molar-refractivity contribution in [2.45, 2.75) is 30.8 Å².